The molecule has 0 bridgehead atoms. The standard InChI is InChI=1S/C18H27N2O3S.2ClH.Na.Pt.H2/c1-14(2)16-7-5-8-17(15(3)4)18(16)20-11-10-19(13-20)9-6-12-24(21,22)23;;;;;/h5,7-8,10-11,13-15H,6,9,12H2,1-4H3,(H,21,22,23);2*1H;;;1H/q;;;+1;+2;/p-3. The fourth-order valence-electron chi connectivity index (χ4n) is 2.89. The molecule has 0 N–H and O–H groups in total. The van der Waals surface area contributed by atoms with E-state index in [4.69, 9.17) is 0 Å². The first-order chi connectivity index (χ1) is 11.2. The molecule has 1 radical (unpaired) electrons. The molecule has 0 saturated heterocycles. The molecule has 5 nitrogen and oxygen atoms in total. The summed E-state index contributed by atoms with van der Waals surface area (Å²) < 4.78 is 32.2. The molecule has 0 saturated carbocycles. The maximum Gasteiger partial charge on any atom is 2.00 e. The molecule has 159 valence electrons. The molecule has 28 heavy (non-hydrogen) atoms. The van der Waals surface area contributed by atoms with Gasteiger partial charge in [0.2, 0.25) is 0 Å². The zero-order chi connectivity index (χ0) is 17.9. The summed E-state index contributed by atoms with van der Waals surface area (Å²) >= 11 is 0. The topological polar surface area (TPSA) is 63.7 Å². The van der Waals surface area contributed by atoms with Crippen LogP contribution in [0, 0.1) is 6.67 Å². The van der Waals surface area contributed by atoms with Gasteiger partial charge in [-0.05, 0) is 29.4 Å². The van der Waals surface area contributed by atoms with Crippen molar-refractivity contribution in [3.63, 3.8) is 0 Å². The van der Waals surface area contributed by atoms with E-state index in [1.807, 2.05) is 24.0 Å². The number of rotatable bonds is 7. The number of nitrogens with zero attached hydrogens (tertiary/aromatic N) is 2. The molecule has 1 aromatic rings. The van der Waals surface area contributed by atoms with Gasteiger partial charge in [-0.15, -0.1) is 0 Å². The van der Waals surface area contributed by atoms with Gasteiger partial charge in [-0.25, -0.2) is 8.42 Å². The molecule has 0 aromatic heterocycles. The van der Waals surface area contributed by atoms with Gasteiger partial charge in [0.25, 0.3) is 0 Å². The summed E-state index contributed by atoms with van der Waals surface area (Å²) in [6.45, 7) is 11.2. The van der Waals surface area contributed by atoms with Crippen molar-refractivity contribution in [2.45, 2.75) is 46.0 Å². The third-order valence-corrected chi connectivity index (χ3v) is 4.89. The van der Waals surface area contributed by atoms with Crippen LogP contribution in [0.4, 0.5) is 5.69 Å². The van der Waals surface area contributed by atoms with Crippen LogP contribution < -0.4 is 59.3 Å². The summed E-state index contributed by atoms with van der Waals surface area (Å²) in [6, 6.07) is 6.41. The van der Waals surface area contributed by atoms with Crippen LogP contribution in [-0.2, 0) is 31.2 Å². The van der Waals surface area contributed by atoms with Crippen molar-refractivity contribution in [3.8, 4) is 0 Å². The Morgan fingerprint density at radius 2 is 1.54 bits per heavy atom. The molecule has 0 unspecified atom stereocenters. The van der Waals surface area contributed by atoms with Crippen molar-refractivity contribution in [1.29, 1.82) is 0 Å². The minimum Gasteiger partial charge on any atom is -1.00 e. The average Bonchev–Trinajstić information content (AvgIpc) is 2.93. The van der Waals surface area contributed by atoms with Crippen LogP contribution in [0.15, 0.2) is 30.6 Å². The van der Waals surface area contributed by atoms with E-state index in [1.165, 1.54) is 16.8 Å². The van der Waals surface area contributed by atoms with E-state index in [9.17, 15) is 13.0 Å². The Morgan fingerprint density at radius 3 is 1.96 bits per heavy atom. The number of anilines is 1. The molecule has 1 aliphatic heterocycles. The van der Waals surface area contributed by atoms with Gasteiger partial charge in [0, 0.05) is 31.8 Å². The zero-order valence-corrected chi connectivity index (χ0v) is 23.4. The van der Waals surface area contributed by atoms with Gasteiger partial charge in [-0.2, -0.15) is 0 Å². The number of hydrogen-bond donors (Lipinski definition) is 0. The quantitative estimate of drug-likeness (QED) is 0.221. The maximum absolute atomic E-state index is 10.7. The predicted molar refractivity (Wildman–Crippen MR) is 98.5 cm³/mol. The van der Waals surface area contributed by atoms with E-state index in [0.717, 1.165) is 0 Å². The van der Waals surface area contributed by atoms with Crippen LogP contribution in [0.1, 0.15) is 58.5 Å². The zero-order valence-electron chi connectivity index (χ0n) is 16.8. The van der Waals surface area contributed by atoms with Gasteiger partial charge in [-0.3, -0.25) is 0 Å². The van der Waals surface area contributed by atoms with E-state index in [2.05, 4.69) is 50.8 Å². The summed E-state index contributed by atoms with van der Waals surface area (Å²) in [6.07, 6.45) is 4.22. The van der Waals surface area contributed by atoms with Crippen LogP contribution in [0.25, 0.3) is 0 Å². The van der Waals surface area contributed by atoms with Gasteiger partial charge < -0.3 is 39.2 Å². The summed E-state index contributed by atoms with van der Waals surface area (Å²) in [7, 11) is -4.15. The summed E-state index contributed by atoms with van der Waals surface area (Å²) in [4.78, 5) is 4.02. The average molecular weight is 641 g/mol. The van der Waals surface area contributed by atoms with Crippen LogP contribution in [0.5, 0.6) is 0 Å². The monoisotopic (exact) mass is 640 g/mol. The Bertz CT molecular complexity index is 699. The number of halogens is 2. The molecule has 0 amide bonds. The molecule has 0 fully saturated rings. The first-order valence-corrected chi connectivity index (χ1v) is 9.90. The minimum atomic E-state index is -4.15. The Morgan fingerprint density at radius 1 is 1.04 bits per heavy atom. The number of hydrogen-bond acceptors (Lipinski definition) is 5. The van der Waals surface area contributed by atoms with Crippen molar-refractivity contribution in [3.05, 3.63) is 48.4 Å². The van der Waals surface area contributed by atoms with E-state index < -0.39 is 10.1 Å². The molecule has 0 spiro atoms. The third kappa shape index (κ3) is 9.70. The Hall–Kier alpha value is 0.738. The molecule has 1 heterocycles. The van der Waals surface area contributed by atoms with Crippen LogP contribution in [0.2, 0.25) is 0 Å². The number of para-hydroxylation sites is 1. The van der Waals surface area contributed by atoms with E-state index in [-0.39, 0.29) is 82.6 Å². The Balaban J connectivity index is -0.000000625. The van der Waals surface area contributed by atoms with E-state index >= 15 is 0 Å². The molecule has 1 aliphatic rings. The first kappa shape index (κ1) is 33.4. The van der Waals surface area contributed by atoms with Crippen LogP contribution >= 0.6 is 0 Å². The van der Waals surface area contributed by atoms with Gasteiger partial charge in [0.1, 0.15) is 6.67 Å². The second-order valence-electron chi connectivity index (χ2n) is 6.77. The van der Waals surface area contributed by atoms with Crippen molar-refractivity contribution < 1.29 is 89.8 Å². The number of benzene rings is 1. The fraction of sp³-hybridized carbons (Fsp3) is 0.500. The van der Waals surface area contributed by atoms with Gasteiger partial charge in [0.15, 0.2) is 0 Å². The minimum absolute atomic E-state index is 0. The van der Waals surface area contributed by atoms with Crippen LogP contribution in [-0.4, -0.2) is 30.2 Å². The second kappa shape index (κ2) is 14.7. The predicted octanol–water partition coefficient (Wildman–Crippen LogP) is -5.16. The Kier molecular flexibility index (Phi) is 17.5. The van der Waals surface area contributed by atoms with Crippen molar-refractivity contribution >= 4 is 15.8 Å². The van der Waals surface area contributed by atoms with E-state index in [1.54, 1.807) is 0 Å². The summed E-state index contributed by atoms with van der Waals surface area (Å²) in [5.74, 6) is 0.477. The van der Waals surface area contributed by atoms with Gasteiger partial charge in [0.05, 0.1) is 10.1 Å². The molecule has 0 atom stereocenters. The SMILES string of the molecule is CC(C)c1cccc(C(C)C)c1N1[CH]N(CCCS(=O)(=O)[O-])C=C1.[Cl-].[Cl-].[HH].[Na+].[Pt+2]. The van der Waals surface area contributed by atoms with Crippen molar-refractivity contribution in [2.75, 3.05) is 17.2 Å². The molecular weight excluding hydrogens is 613 g/mol. The largest absolute Gasteiger partial charge is 2.00 e. The smallest absolute Gasteiger partial charge is 1.00 e. The molecule has 10 heteroatoms. The van der Waals surface area contributed by atoms with Crippen molar-refractivity contribution in [1.82, 2.24) is 4.90 Å². The second-order valence-corrected chi connectivity index (χ2v) is 8.29. The van der Waals surface area contributed by atoms with Crippen LogP contribution in [0.3, 0.4) is 0 Å². The fourth-order valence-corrected chi connectivity index (χ4v) is 3.38. The third-order valence-electron chi connectivity index (χ3n) is 4.10. The van der Waals surface area contributed by atoms with Gasteiger partial charge in [-0.1, -0.05) is 45.9 Å². The van der Waals surface area contributed by atoms with E-state index in [0.29, 0.717) is 24.8 Å². The molecule has 1 aromatic carbocycles. The van der Waals surface area contributed by atoms with Gasteiger partial charge >= 0.3 is 50.6 Å². The summed E-state index contributed by atoms with van der Waals surface area (Å²) in [5.41, 5.74) is 3.76. The normalized spacial score (nSPS) is 13.0. The maximum atomic E-state index is 10.7. The molecule has 0 aliphatic carbocycles. The van der Waals surface area contributed by atoms with Crippen molar-refractivity contribution in [2.24, 2.45) is 0 Å². The Labute approximate surface area is 220 Å². The molecule has 2 rings (SSSR count). The molecular formula is C18H28Cl2N2NaO3PtS. The first-order valence-electron chi connectivity index (χ1n) is 8.33. The summed E-state index contributed by atoms with van der Waals surface area (Å²) in [5, 5.41) is 0.